The number of β-amino-alcohol motifs (C(OH)–C–C–N with tert-alkyl or cyclic N) is 1. The van der Waals surface area contributed by atoms with E-state index in [1.165, 1.54) is 24.4 Å². The third-order valence-corrected chi connectivity index (χ3v) is 7.65. The number of fused-ring (bicyclic) bond motifs is 1. The van der Waals surface area contributed by atoms with Crippen LogP contribution in [0.3, 0.4) is 0 Å². The van der Waals surface area contributed by atoms with Gasteiger partial charge in [0, 0.05) is 24.7 Å². The standard InChI is InChI=1S/C18H18FN3O4S2/c19-14-8-11-5-6-20-18(24)13(11)9-15(14)21-28(25,26)17-4-3-16(27-17)22-7-1-2-12(23)10-22/h3-6,8-9,12,21,23H,1-2,7,10H2,(H,20,24). The lowest BCUT2D eigenvalue weighted by Gasteiger charge is -2.30. The molecular weight excluding hydrogens is 405 g/mol. The first-order valence-corrected chi connectivity index (χ1v) is 11.0. The zero-order valence-corrected chi connectivity index (χ0v) is 16.3. The van der Waals surface area contributed by atoms with Crippen molar-refractivity contribution in [2.75, 3.05) is 22.7 Å². The highest BCUT2D eigenvalue weighted by Gasteiger charge is 2.23. The van der Waals surface area contributed by atoms with Gasteiger partial charge in [0.1, 0.15) is 10.0 Å². The van der Waals surface area contributed by atoms with Crippen molar-refractivity contribution in [3.05, 3.63) is 52.7 Å². The Kier molecular flexibility index (Phi) is 4.86. The molecule has 1 fully saturated rings. The highest BCUT2D eigenvalue weighted by Crippen LogP contribution is 2.33. The Morgan fingerprint density at radius 1 is 1.29 bits per heavy atom. The van der Waals surface area contributed by atoms with Crippen LogP contribution < -0.4 is 15.2 Å². The first kappa shape index (κ1) is 18.9. The van der Waals surface area contributed by atoms with E-state index < -0.39 is 27.5 Å². The summed E-state index contributed by atoms with van der Waals surface area (Å²) in [5, 5.41) is 11.1. The average molecular weight is 423 g/mol. The molecule has 148 valence electrons. The van der Waals surface area contributed by atoms with Gasteiger partial charge >= 0.3 is 0 Å². The van der Waals surface area contributed by atoms with Crippen molar-refractivity contribution in [3.8, 4) is 0 Å². The van der Waals surface area contributed by atoms with Crippen LogP contribution in [0.2, 0.25) is 0 Å². The first-order chi connectivity index (χ1) is 13.3. The zero-order valence-electron chi connectivity index (χ0n) is 14.7. The summed E-state index contributed by atoms with van der Waals surface area (Å²) >= 11 is 1.05. The molecule has 0 radical (unpaired) electrons. The van der Waals surface area contributed by atoms with E-state index in [0.717, 1.165) is 41.8 Å². The second-order valence-electron chi connectivity index (χ2n) is 6.67. The molecule has 0 bridgehead atoms. The first-order valence-electron chi connectivity index (χ1n) is 8.70. The Morgan fingerprint density at radius 3 is 2.89 bits per heavy atom. The van der Waals surface area contributed by atoms with E-state index in [2.05, 4.69) is 9.71 Å². The number of hydrogen-bond donors (Lipinski definition) is 3. The number of thiophene rings is 1. The van der Waals surface area contributed by atoms with Crippen molar-refractivity contribution >= 4 is 42.8 Å². The molecular formula is C18H18FN3O4S2. The highest BCUT2D eigenvalue weighted by molar-refractivity contribution is 7.94. The number of aliphatic hydroxyl groups excluding tert-OH is 1. The number of aromatic nitrogens is 1. The molecule has 1 aliphatic heterocycles. The number of benzene rings is 1. The topological polar surface area (TPSA) is 102 Å². The van der Waals surface area contributed by atoms with Gasteiger partial charge in [-0.05, 0) is 48.6 Å². The quantitative estimate of drug-likeness (QED) is 0.598. The number of piperidine rings is 1. The predicted molar refractivity (Wildman–Crippen MR) is 107 cm³/mol. The van der Waals surface area contributed by atoms with Gasteiger partial charge in [-0.1, -0.05) is 0 Å². The number of nitrogens with zero attached hydrogens (tertiary/aromatic N) is 1. The largest absolute Gasteiger partial charge is 0.391 e. The summed E-state index contributed by atoms with van der Waals surface area (Å²) in [7, 11) is -4.02. The van der Waals surface area contributed by atoms with Gasteiger partial charge in [-0.15, -0.1) is 11.3 Å². The van der Waals surface area contributed by atoms with Crippen LogP contribution >= 0.6 is 11.3 Å². The minimum Gasteiger partial charge on any atom is -0.391 e. The molecule has 4 rings (SSSR count). The monoisotopic (exact) mass is 423 g/mol. The van der Waals surface area contributed by atoms with Crippen LogP contribution in [-0.4, -0.2) is 37.7 Å². The molecule has 3 heterocycles. The lowest BCUT2D eigenvalue weighted by atomic mass is 10.1. The molecule has 0 saturated carbocycles. The Bertz CT molecular complexity index is 1190. The fraction of sp³-hybridized carbons (Fsp3) is 0.278. The summed E-state index contributed by atoms with van der Waals surface area (Å²) in [5.74, 6) is -0.766. The number of H-pyrrole nitrogens is 1. The van der Waals surface area contributed by atoms with E-state index >= 15 is 0 Å². The number of halogens is 1. The zero-order chi connectivity index (χ0) is 19.9. The van der Waals surface area contributed by atoms with E-state index in [4.69, 9.17) is 0 Å². The summed E-state index contributed by atoms with van der Waals surface area (Å²) < 4.78 is 42.1. The van der Waals surface area contributed by atoms with Crippen LogP contribution in [0.4, 0.5) is 15.1 Å². The van der Waals surface area contributed by atoms with Crippen LogP contribution in [-0.2, 0) is 10.0 Å². The van der Waals surface area contributed by atoms with Crippen molar-refractivity contribution < 1.29 is 17.9 Å². The summed E-state index contributed by atoms with van der Waals surface area (Å²) in [6, 6.07) is 6.98. The Hall–Kier alpha value is -2.43. The number of anilines is 2. The van der Waals surface area contributed by atoms with E-state index in [0.29, 0.717) is 11.9 Å². The third-order valence-electron chi connectivity index (χ3n) is 4.65. The third kappa shape index (κ3) is 3.62. The molecule has 0 aliphatic carbocycles. The molecule has 7 nitrogen and oxygen atoms in total. The number of pyridine rings is 1. The number of nitrogens with one attached hydrogen (secondary N) is 2. The van der Waals surface area contributed by atoms with Crippen LogP contribution in [0.25, 0.3) is 10.8 Å². The Morgan fingerprint density at radius 2 is 2.11 bits per heavy atom. The molecule has 10 heteroatoms. The van der Waals surface area contributed by atoms with Gasteiger partial charge in [-0.25, -0.2) is 12.8 Å². The highest BCUT2D eigenvalue weighted by atomic mass is 32.2. The van der Waals surface area contributed by atoms with Gasteiger partial charge in [0.25, 0.3) is 15.6 Å². The molecule has 3 aromatic rings. The average Bonchev–Trinajstić information content (AvgIpc) is 3.14. The van der Waals surface area contributed by atoms with E-state index in [1.54, 1.807) is 6.07 Å². The second-order valence-corrected chi connectivity index (χ2v) is 9.64. The Labute approximate surface area is 164 Å². The van der Waals surface area contributed by atoms with Crippen molar-refractivity contribution in [1.29, 1.82) is 0 Å². The van der Waals surface area contributed by atoms with Gasteiger partial charge in [0.05, 0.1) is 16.8 Å². The number of rotatable bonds is 4. The number of sulfonamides is 1. The van der Waals surface area contributed by atoms with Gasteiger partial charge in [0.2, 0.25) is 0 Å². The van der Waals surface area contributed by atoms with Crippen LogP contribution in [0.5, 0.6) is 0 Å². The van der Waals surface area contributed by atoms with Gasteiger partial charge in [-0.3, -0.25) is 9.52 Å². The number of aromatic amines is 1. The molecule has 3 N–H and O–H groups in total. The maximum Gasteiger partial charge on any atom is 0.271 e. The number of aliphatic hydroxyl groups is 1. The lowest BCUT2D eigenvalue weighted by molar-refractivity contribution is 0.154. The smallest absolute Gasteiger partial charge is 0.271 e. The van der Waals surface area contributed by atoms with E-state index in [1.807, 2.05) is 4.90 Å². The van der Waals surface area contributed by atoms with Crippen LogP contribution in [0.15, 0.2) is 45.5 Å². The maximum atomic E-state index is 14.4. The predicted octanol–water partition coefficient (Wildman–Crippen LogP) is 2.49. The minimum absolute atomic E-state index is 0.0315. The van der Waals surface area contributed by atoms with Gasteiger partial charge < -0.3 is 15.0 Å². The number of hydrogen-bond acceptors (Lipinski definition) is 6. The fourth-order valence-corrected chi connectivity index (χ4v) is 5.65. The van der Waals surface area contributed by atoms with Crippen molar-refractivity contribution in [3.63, 3.8) is 0 Å². The van der Waals surface area contributed by atoms with Gasteiger partial charge in [0.15, 0.2) is 0 Å². The SMILES string of the molecule is O=c1[nH]ccc2cc(F)c(NS(=O)(=O)c3ccc(N4CCCC(O)C4)s3)cc12. The molecule has 28 heavy (non-hydrogen) atoms. The molecule has 0 spiro atoms. The summed E-state index contributed by atoms with van der Waals surface area (Å²) in [6.07, 6.45) is 2.53. The maximum absolute atomic E-state index is 14.4. The van der Waals surface area contributed by atoms with Crippen molar-refractivity contribution in [1.82, 2.24) is 4.98 Å². The molecule has 1 aromatic carbocycles. The van der Waals surface area contributed by atoms with Crippen LogP contribution in [0, 0.1) is 5.82 Å². The molecule has 1 saturated heterocycles. The van der Waals surface area contributed by atoms with E-state index in [9.17, 15) is 22.7 Å². The van der Waals surface area contributed by atoms with Crippen LogP contribution in [0.1, 0.15) is 12.8 Å². The molecule has 1 unspecified atom stereocenters. The summed E-state index contributed by atoms with van der Waals surface area (Å²) in [6.45, 7) is 1.20. The molecule has 1 aliphatic rings. The molecule has 0 amide bonds. The molecule has 1 atom stereocenters. The lowest BCUT2D eigenvalue weighted by Crippen LogP contribution is -2.37. The minimum atomic E-state index is -4.02. The molecule has 2 aromatic heterocycles. The summed E-state index contributed by atoms with van der Waals surface area (Å²) in [4.78, 5) is 16.3. The van der Waals surface area contributed by atoms with E-state index in [-0.39, 0.29) is 15.3 Å². The van der Waals surface area contributed by atoms with Gasteiger partial charge in [-0.2, -0.15) is 0 Å². The Balaban J connectivity index is 1.63. The van der Waals surface area contributed by atoms with Crippen molar-refractivity contribution in [2.24, 2.45) is 0 Å². The van der Waals surface area contributed by atoms with Crippen molar-refractivity contribution in [2.45, 2.75) is 23.2 Å². The normalized spacial score (nSPS) is 17.8. The second kappa shape index (κ2) is 7.19. The summed E-state index contributed by atoms with van der Waals surface area (Å²) in [5.41, 5.74) is -0.715. The fourth-order valence-electron chi connectivity index (χ4n) is 3.26.